The number of nitro benzene ring substituents is 1. The van der Waals surface area contributed by atoms with Crippen LogP contribution < -0.4 is 15.4 Å². The summed E-state index contributed by atoms with van der Waals surface area (Å²) < 4.78 is 5.05. The van der Waals surface area contributed by atoms with Crippen LogP contribution in [0, 0.1) is 10.1 Å². The molecule has 0 atom stereocenters. The van der Waals surface area contributed by atoms with E-state index in [-0.39, 0.29) is 5.69 Å². The van der Waals surface area contributed by atoms with Gasteiger partial charge in [0.25, 0.3) is 5.69 Å². The molecule has 0 amide bonds. The maximum Gasteiger partial charge on any atom is 0.296 e. The number of hydrogen-bond acceptors (Lipinski definition) is 8. The van der Waals surface area contributed by atoms with Gasteiger partial charge in [-0.05, 0) is 24.3 Å². The second-order valence-corrected chi connectivity index (χ2v) is 5.19. The summed E-state index contributed by atoms with van der Waals surface area (Å²) in [7, 11) is 3.14. The van der Waals surface area contributed by atoms with E-state index in [2.05, 4.69) is 25.6 Å². The first-order valence-electron chi connectivity index (χ1n) is 7.68. The monoisotopic (exact) mass is 352 g/mol. The number of nitro groups is 1. The van der Waals surface area contributed by atoms with Crippen LogP contribution in [-0.4, -0.2) is 34.0 Å². The van der Waals surface area contributed by atoms with Crippen molar-refractivity contribution in [3.8, 4) is 17.1 Å². The van der Waals surface area contributed by atoms with Gasteiger partial charge in [-0.15, -0.1) is 0 Å². The lowest BCUT2D eigenvalue weighted by Gasteiger charge is -2.10. The largest absolute Gasteiger partial charge is 0.496 e. The van der Waals surface area contributed by atoms with Gasteiger partial charge in [-0.2, -0.15) is 4.98 Å². The van der Waals surface area contributed by atoms with Gasteiger partial charge < -0.3 is 15.4 Å². The molecule has 3 rings (SSSR count). The molecule has 0 aliphatic heterocycles. The Balaban J connectivity index is 2.01. The minimum Gasteiger partial charge on any atom is -0.496 e. The van der Waals surface area contributed by atoms with Crippen LogP contribution >= 0.6 is 0 Å². The predicted octanol–water partition coefficient (Wildman–Crippen LogP) is 3.24. The van der Waals surface area contributed by atoms with Crippen molar-refractivity contribution in [1.82, 2.24) is 15.0 Å². The smallest absolute Gasteiger partial charge is 0.296 e. The molecule has 0 saturated heterocycles. The van der Waals surface area contributed by atoms with Crippen LogP contribution in [0.2, 0.25) is 0 Å². The number of nitrogens with zero attached hydrogens (tertiary/aromatic N) is 4. The van der Waals surface area contributed by atoms with Crippen molar-refractivity contribution < 1.29 is 9.66 Å². The third-order valence-corrected chi connectivity index (χ3v) is 3.54. The first-order chi connectivity index (χ1) is 12.6. The number of rotatable bonds is 6. The van der Waals surface area contributed by atoms with E-state index in [0.29, 0.717) is 34.6 Å². The number of methoxy groups -OCH3 is 1. The van der Waals surface area contributed by atoms with Crippen LogP contribution in [0.5, 0.6) is 5.75 Å². The molecule has 0 spiro atoms. The van der Waals surface area contributed by atoms with E-state index >= 15 is 0 Å². The first kappa shape index (κ1) is 17.1. The highest BCUT2D eigenvalue weighted by Gasteiger charge is 2.17. The third kappa shape index (κ3) is 3.66. The predicted molar refractivity (Wildman–Crippen MR) is 97.7 cm³/mol. The van der Waals surface area contributed by atoms with Crippen molar-refractivity contribution in [2.24, 2.45) is 0 Å². The quantitative estimate of drug-likeness (QED) is 0.513. The molecule has 2 heterocycles. The molecule has 9 heteroatoms. The molecule has 0 saturated carbocycles. The highest BCUT2D eigenvalue weighted by Crippen LogP contribution is 2.31. The molecular weight excluding hydrogens is 336 g/mol. The van der Waals surface area contributed by atoms with Crippen LogP contribution in [0.15, 0.2) is 48.7 Å². The van der Waals surface area contributed by atoms with E-state index in [1.807, 2.05) is 18.2 Å². The SMILES string of the molecule is CNc1nc(Nc2ccc(OC)cc2[N+](=O)[O-])cc(-c2ccccn2)n1. The summed E-state index contributed by atoms with van der Waals surface area (Å²) in [6.07, 6.45) is 1.66. The van der Waals surface area contributed by atoms with Gasteiger partial charge in [-0.25, -0.2) is 4.98 Å². The fraction of sp³-hybridized carbons (Fsp3) is 0.118. The van der Waals surface area contributed by atoms with Gasteiger partial charge in [-0.1, -0.05) is 6.07 Å². The summed E-state index contributed by atoms with van der Waals surface area (Å²) in [5.41, 5.74) is 1.43. The third-order valence-electron chi connectivity index (χ3n) is 3.54. The van der Waals surface area contributed by atoms with Gasteiger partial charge >= 0.3 is 0 Å². The molecule has 1 aromatic carbocycles. The Bertz CT molecular complexity index is 933. The average Bonchev–Trinajstić information content (AvgIpc) is 2.68. The van der Waals surface area contributed by atoms with Crippen LogP contribution in [0.1, 0.15) is 0 Å². The van der Waals surface area contributed by atoms with E-state index in [4.69, 9.17) is 4.74 Å². The van der Waals surface area contributed by atoms with Crippen LogP contribution in [0.4, 0.5) is 23.1 Å². The van der Waals surface area contributed by atoms with Gasteiger partial charge in [0, 0.05) is 19.3 Å². The molecule has 0 aliphatic carbocycles. The minimum atomic E-state index is -0.481. The fourth-order valence-electron chi connectivity index (χ4n) is 2.30. The number of pyridine rings is 1. The van der Waals surface area contributed by atoms with Gasteiger partial charge in [0.1, 0.15) is 17.3 Å². The minimum absolute atomic E-state index is 0.117. The topological polar surface area (TPSA) is 115 Å². The molecule has 3 aromatic rings. The van der Waals surface area contributed by atoms with Crippen LogP contribution in [0.25, 0.3) is 11.4 Å². The van der Waals surface area contributed by atoms with Gasteiger partial charge in [-0.3, -0.25) is 15.1 Å². The Morgan fingerprint density at radius 2 is 1.96 bits per heavy atom. The molecule has 2 aromatic heterocycles. The van der Waals surface area contributed by atoms with Gasteiger partial charge in [0.2, 0.25) is 5.95 Å². The number of aromatic nitrogens is 3. The standard InChI is InChI=1S/C17H16N6O3/c1-18-17-21-14(12-5-3-4-8-19-12)10-16(22-17)20-13-7-6-11(26-2)9-15(13)23(24)25/h3-10H,1-2H3,(H2,18,20,21,22). The van der Waals surface area contributed by atoms with E-state index in [0.717, 1.165) is 0 Å². The Morgan fingerprint density at radius 3 is 2.62 bits per heavy atom. The summed E-state index contributed by atoms with van der Waals surface area (Å²) in [5.74, 6) is 1.17. The zero-order valence-electron chi connectivity index (χ0n) is 14.1. The number of ether oxygens (including phenoxy) is 1. The first-order valence-corrected chi connectivity index (χ1v) is 7.68. The normalized spacial score (nSPS) is 10.2. The number of benzene rings is 1. The van der Waals surface area contributed by atoms with E-state index < -0.39 is 4.92 Å². The maximum absolute atomic E-state index is 11.3. The van der Waals surface area contributed by atoms with Crippen molar-refractivity contribution in [3.63, 3.8) is 0 Å². The molecule has 0 aliphatic rings. The molecule has 0 unspecified atom stereocenters. The molecule has 2 N–H and O–H groups in total. The van der Waals surface area contributed by atoms with E-state index in [1.54, 1.807) is 31.4 Å². The Labute approximate surface area is 149 Å². The van der Waals surface area contributed by atoms with E-state index in [1.165, 1.54) is 13.2 Å². The zero-order valence-corrected chi connectivity index (χ0v) is 14.1. The molecule has 9 nitrogen and oxygen atoms in total. The summed E-state index contributed by atoms with van der Waals surface area (Å²) in [4.78, 5) is 23.8. The average molecular weight is 352 g/mol. The van der Waals surface area contributed by atoms with Crippen molar-refractivity contribution in [3.05, 3.63) is 58.8 Å². The molecule has 0 fully saturated rings. The molecule has 0 bridgehead atoms. The van der Waals surface area contributed by atoms with Crippen molar-refractivity contribution in [1.29, 1.82) is 0 Å². The molecule has 26 heavy (non-hydrogen) atoms. The van der Waals surface area contributed by atoms with Crippen LogP contribution in [0.3, 0.4) is 0 Å². The number of anilines is 3. The lowest BCUT2D eigenvalue weighted by Crippen LogP contribution is -2.04. The fourth-order valence-corrected chi connectivity index (χ4v) is 2.30. The second-order valence-electron chi connectivity index (χ2n) is 5.19. The summed E-state index contributed by atoms with van der Waals surface area (Å²) in [6.45, 7) is 0. The zero-order chi connectivity index (χ0) is 18.5. The number of hydrogen-bond donors (Lipinski definition) is 2. The maximum atomic E-state index is 11.3. The highest BCUT2D eigenvalue weighted by atomic mass is 16.6. The molecule has 0 radical (unpaired) electrons. The second kappa shape index (κ2) is 7.43. The Hall–Kier alpha value is -3.75. The van der Waals surface area contributed by atoms with Crippen molar-refractivity contribution >= 4 is 23.1 Å². The van der Waals surface area contributed by atoms with E-state index in [9.17, 15) is 10.1 Å². The lowest BCUT2D eigenvalue weighted by molar-refractivity contribution is -0.384. The van der Waals surface area contributed by atoms with Crippen molar-refractivity contribution in [2.45, 2.75) is 0 Å². The number of nitrogens with one attached hydrogen (secondary N) is 2. The van der Waals surface area contributed by atoms with Crippen molar-refractivity contribution in [2.75, 3.05) is 24.8 Å². The van der Waals surface area contributed by atoms with Gasteiger partial charge in [0.15, 0.2) is 0 Å². The lowest BCUT2D eigenvalue weighted by atomic mass is 10.2. The summed E-state index contributed by atoms with van der Waals surface area (Å²) in [6, 6.07) is 11.7. The summed E-state index contributed by atoms with van der Waals surface area (Å²) in [5, 5.41) is 17.2. The Kier molecular flexibility index (Phi) is 4.88. The highest BCUT2D eigenvalue weighted by molar-refractivity contribution is 5.72. The molecular formula is C17H16N6O3. The molecule has 132 valence electrons. The van der Waals surface area contributed by atoms with Crippen LogP contribution in [-0.2, 0) is 0 Å². The summed E-state index contributed by atoms with van der Waals surface area (Å²) >= 11 is 0. The Morgan fingerprint density at radius 1 is 1.12 bits per heavy atom. The van der Waals surface area contributed by atoms with Gasteiger partial charge in [0.05, 0.1) is 29.5 Å².